The molecule has 0 saturated carbocycles. The lowest BCUT2D eigenvalue weighted by molar-refractivity contribution is -0.144. The van der Waals surface area contributed by atoms with Crippen molar-refractivity contribution in [3.8, 4) is 0 Å². The molecule has 0 amide bonds. The van der Waals surface area contributed by atoms with Crippen LogP contribution in [0.15, 0.2) is 12.2 Å². The molecule has 0 aliphatic rings. The lowest BCUT2D eigenvalue weighted by Crippen LogP contribution is -2.40. The van der Waals surface area contributed by atoms with Gasteiger partial charge in [-0.05, 0) is 84.7 Å². The summed E-state index contributed by atoms with van der Waals surface area (Å²) < 4.78 is 16.7. The second-order valence-electron chi connectivity index (χ2n) is 13.9. The topological polar surface area (TPSA) is 68.3 Å². The van der Waals surface area contributed by atoms with E-state index in [4.69, 9.17) is 14.2 Å². The Balaban J connectivity index is 4.11. The van der Waals surface area contributed by atoms with Crippen LogP contribution in [0.1, 0.15) is 183 Å². The number of rotatable bonds is 35. The van der Waals surface area contributed by atoms with Gasteiger partial charge in [0.25, 0.3) is 0 Å². The van der Waals surface area contributed by atoms with Crippen LogP contribution in [-0.2, 0) is 19.0 Å². The van der Waals surface area contributed by atoms with Crippen molar-refractivity contribution in [1.82, 2.24) is 9.80 Å². The highest BCUT2D eigenvalue weighted by Crippen LogP contribution is 2.16. The molecule has 0 radical (unpaired) electrons. The first-order valence-electron chi connectivity index (χ1n) is 20.5. The molecule has 48 heavy (non-hydrogen) atoms. The van der Waals surface area contributed by atoms with E-state index >= 15 is 0 Å². The van der Waals surface area contributed by atoms with Crippen molar-refractivity contribution in [2.24, 2.45) is 0 Å². The summed E-state index contributed by atoms with van der Waals surface area (Å²) >= 11 is 0. The molecule has 7 heteroatoms. The molecular weight excluding hydrogens is 600 g/mol. The summed E-state index contributed by atoms with van der Waals surface area (Å²) in [6.07, 6.45) is 28.6. The Morgan fingerprint density at radius 3 is 1.71 bits per heavy atom. The van der Waals surface area contributed by atoms with Crippen LogP contribution < -0.4 is 0 Å². The van der Waals surface area contributed by atoms with Crippen molar-refractivity contribution in [1.29, 1.82) is 0 Å². The highest BCUT2D eigenvalue weighted by Gasteiger charge is 2.18. The molecule has 0 rings (SSSR count). The molecule has 0 aromatic heterocycles. The van der Waals surface area contributed by atoms with Crippen LogP contribution in [-0.4, -0.2) is 80.0 Å². The molecular formula is C41H80N2O5. The van der Waals surface area contributed by atoms with Crippen LogP contribution in [0.2, 0.25) is 0 Å². The van der Waals surface area contributed by atoms with Crippen molar-refractivity contribution >= 4 is 12.1 Å². The molecule has 0 aliphatic heterocycles. The Bertz CT molecular complexity index is 740. The van der Waals surface area contributed by atoms with Gasteiger partial charge in [0.15, 0.2) is 0 Å². The van der Waals surface area contributed by atoms with E-state index in [2.05, 4.69) is 63.5 Å². The van der Waals surface area contributed by atoms with Gasteiger partial charge in [-0.3, -0.25) is 9.69 Å². The van der Waals surface area contributed by atoms with Gasteiger partial charge < -0.3 is 19.1 Å². The third kappa shape index (κ3) is 30.5. The van der Waals surface area contributed by atoms with Gasteiger partial charge in [0.2, 0.25) is 0 Å². The predicted octanol–water partition coefficient (Wildman–Crippen LogP) is 11.3. The van der Waals surface area contributed by atoms with Gasteiger partial charge in [0, 0.05) is 32.1 Å². The smallest absolute Gasteiger partial charge is 0.466 e. The van der Waals surface area contributed by atoms with E-state index in [0.29, 0.717) is 45.1 Å². The maximum Gasteiger partial charge on any atom is 0.508 e. The summed E-state index contributed by atoms with van der Waals surface area (Å²) in [6, 6.07) is 0.383. The van der Waals surface area contributed by atoms with E-state index in [1.165, 1.54) is 83.5 Å². The van der Waals surface area contributed by atoms with Gasteiger partial charge >= 0.3 is 12.1 Å². The summed E-state index contributed by atoms with van der Waals surface area (Å²) in [6.45, 7) is 18.8. The van der Waals surface area contributed by atoms with Crippen molar-refractivity contribution in [3.63, 3.8) is 0 Å². The van der Waals surface area contributed by atoms with E-state index in [1.807, 2.05) is 0 Å². The first-order valence-corrected chi connectivity index (χ1v) is 20.5. The number of carbonyl (C=O) groups is 2. The maximum absolute atomic E-state index is 12.6. The lowest BCUT2D eigenvalue weighted by atomic mass is 10.0. The van der Waals surface area contributed by atoms with E-state index in [-0.39, 0.29) is 12.1 Å². The van der Waals surface area contributed by atoms with Crippen molar-refractivity contribution < 1.29 is 23.8 Å². The minimum absolute atomic E-state index is 0.145. The predicted molar refractivity (Wildman–Crippen MR) is 204 cm³/mol. The zero-order valence-electron chi connectivity index (χ0n) is 32.8. The van der Waals surface area contributed by atoms with Crippen LogP contribution in [0.3, 0.4) is 0 Å². The average molecular weight is 681 g/mol. The van der Waals surface area contributed by atoms with Gasteiger partial charge in [0.1, 0.15) is 12.7 Å². The van der Waals surface area contributed by atoms with Gasteiger partial charge in [0.05, 0.1) is 6.61 Å². The molecule has 0 N–H and O–H groups in total. The fraction of sp³-hybridized carbons (Fsp3) is 0.902. The second kappa shape index (κ2) is 35.2. The number of likely N-dealkylation sites (N-methyl/N-ethyl adjacent to an activating group) is 1. The quantitative estimate of drug-likeness (QED) is 0.0375. The zero-order valence-corrected chi connectivity index (χ0v) is 32.8. The van der Waals surface area contributed by atoms with E-state index < -0.39 is 6.16 Å². The fourth-order valence-corrected chi connectivity index (χ4v) is 6.00. The number of allylic oxidation sites excluding steroid dienone is 2. The SMILES string of the molecule is CCCCCCCC/C=C\CCCCCCCCOC(=O)CCCC(CCCCCC)OC(=O)OCCN(CCN(CC)CC)C(C)C. The average Bonchev–Trinajstić information content (AvgIpc) is 3.07. The molecule has 0 aromatic carbocycles. The number of carbonyl (C=O) groups excluding carboxylic acids is 2. The van der Waals surface area contributed by atoms with Crippen molar-refractivity contribution in [3.05, 3.63) is 12.2 Å². The Hall–Kier alpha value is -1.60. The number of ether oxygens (including phenoxy) is 3. The molecule has 0 heterocycles. The van der Waals surface area contributed by atoms with Crippen LogP contribution in [0.25, 0.3) is 0 Å². The Morgan fingerprint density at radius 2 is 1.12 bits per heavy atom. The number of nitrogens with zero attached hydrogens (tertiary/aromatic N) is 2. The van der Waals surface area contributed by atoms with Crippen LogP contribution >= 0.6 is 0 Å². The number of esters is 1. The number of hydrogen-bond acceptors (Lipinski definition) is 7. The summed E-state index contributed by atoms with van der Waals surface area (Å²) in [7, 11) is 0. The summed E-state index contributed by atoms with van der Waals surface area (Å²) in [5, 5.41) is 0. The largest absolute Gasteiger partial charge is 0.508 e. The van der Waals surface area contributed by atoms with Crippen LogP contribution in [0.5, 0.6) is 0 Å². The second-order valence-corrected chi connectivity index (χ2v) is 13.9. The first-order chi connectivity index (χ1) is 23.4. The normalized spacial score (nSPS) is 12.4. The van der Waals surface area contributed by atoms with E-state index in [0.717, 1.165) is 64.7 Å². The minimum atomic E-state index is -0.592. The zero-order chi connectivity index (χ0) is 35.5. The van der Waals surface area contributed by atoms with Crippen molar-refractivity contribution in [2.75, 3.05) is 45.9 Å². The summed E-state index contributed by atoms with van der Waals surface area (Å²) in [5.41, 5.74) is 0. The molecule has 1 unspecified atom stereocenters. The molecule has 7 nitrogen and oxygen atoms in total. The first kappa shape index (κ1) is 46.4. The van der Waals surface area contributed by atoms with Gasteiger partial charge in [-0.2, -0.15) is 0 Å². The van der Waals surface area contributed by atoms with Gasteiger partial charge in [-0.25, -0.2) is 4.79 Å². The third-order valence-electron chi connectivity index (χ3n) is 9.40. The van der Waals surface area contributed by atoms with Crippen LogP contribution in [0.4, 0.5) is 4.79 Å². The minimum Gasteiger partial charge on any atom is -0.466 e. The lowest BCUT2D eigenvalue weighted by Gasteiger charge is -2.29. The van der Waals surface area contributed by atoms with Crippen molar-refractivity contribution in [2.45, 2.75) is 195 Å². The molecule has 0 aliphatic carbocycles. The highest BCUT2D eigenvalue weighted by atomic mass is 16.7. The molecule has 0 spiro atoms. The van der Waals surface area contributed by atoms with E-state index in [9.17, 15) is 9.59 Å². The molecule has 0 saturated heterocycles. The Morgan fingerprint density at radius 1 is 0.583 bits per heavy atom. The monoisotopic (exact) mass is 681 g/mol. The fourth-order valence-electron chi connectivity index (χ4n) is 6.00. The molecule has 0 bridgehead atoms. The molecule has 1 atom stereocenters. The third-order valence-corrected chi connectivity index (χ3v) is 9.40. The highest BCUT2D eigenvalue weighted by molar-refractivity contribution is 5.69. The molecule has 0 fully saturated rings. The number of hydrogen-bond donors (Lipinski definition) is 0. The van der Waals surface area contributed by atoms with Gasteiger partial charge in [-0.1, -0.05) is 117 Å². The summed E-state index contributed by atoms with van der Waals surface area (Å²) in [5.74, 6) is -0.145. The standard InChI is InChI=1S/C41H80N2O5/c1-7-11-13-15-16-17-18-19-20-21-22-23-24-25-26-28-36-46-40(44)32-29-31-39(30-27-14-12-8-2)48-41(45)47-37-35-43(38(5)6)34-33-42(9-3)10-4/h19-20,38-39H,7-18,21-37H2,1-6H3/b20-19-. The molecule has 0 aromatic rings. The van der Waals surface area contributed by atoms with E-state index in [1.54, 1.807) is 0 Å². The van der Waals surface area contributed by atoms with Crippen LogP contribution in [0, 0.1) is 0 Å². The number of unbranched alkanes of at least 4 members (excludes halogenated alkanes) is 15. The maximum atomic E-state index is 12.6. The Kier molecular flexibility index (Phi) is 34.1. The summed E-state index contributed by atoms with van der Waals surface area (Å²) in [4.78, 5) is 29.6. The molecule has 284 valence electrons. The Labute approximate surface area is 298 Å². The van der Waals surface area contributed by atoms with Gasteiger partial charge in [-0.15, -0.1) is 0 Å².